The molecule has 2 aromatic rings. The first-order valence-corrected chi connectivity index (χ1v) is 6.35. The highest BCUT2D eigenvalue weighted by Crippen LogP contribution is 2.28. The normalized spacial score (nSPS) is 12.5. The molecular weight excluding hydrogens is 297 g/mol. The minimum absolute atomic E-state index is 0.271. The zero-order valence-electron chi connectivity index (χ0n) is 11.6. The first kappa shape index (κ1) is 15.7. The van der Waals surface area contributed by atoms with Gasteiger partial charge in [0, 0.05) is 13.2 Å². The molecule has 1 atom stereocenters. The third-order valence-corrected chi connectivity index (χ3v) is 2.86. The first-order chi connectivity index (χ1) is 10.4. The molecular formula is C14H13F3N4O. The molecule has 1 unspecified atom stereocenters. The summed E-state index contributed by atoms with van der Waals surface area (Å²) in [5.74, 6) is -0.681. The molecule has 0 aliphatic rings. The number of alkyl halides is 3. The number of nitrogens with zero attached hydrogens (tertiary/aromatic N) is 2. The number of nitrogens with one attached hydrogen (secondary N) is 2. The standard InChI is InChI=1S/C14H13F3N4O/c1-18-12(22)11(9-5-3-2-4-6-9)21-13-19-8-7-10(20-13)14(15,16)17/h2-8,11H,1H3,(H,18,22)(H,19,20,21). The highest BCUT2D eigenvalue weighted by atomic mass is 19.4. The second-order valence-corrected chi connectivity index (χ2v) is 4.37. The fraction of sp³-hybridized carbons (Fsp3) is 0.214. The van der Waals surface area contributed by atoms with Crippen molar-refractivity contribution in [2.75, 3.05) is 12.4 Å². The van der Waals surface area contributed by atoms with Crippen LogP contribution in [0, 0.1) is 0 Å². The number of aromatic nitrogens is 2. The van der Waals surface area contributed by atoms with Gasteiger partial charge in [-0.25, -0.2) is 9.97 Å². The third-order valence-electron chi connectivity index (χ3n) is 2.86. The highest BCUT2D eigenvalue weighted by Gasteiger charge is 2.33. The summed E-state index contributed by atoms with van der Waals surface area (Å²) in [7, 11) is 1.44. The van der Waals surface area contributed by atoms with Crippen molar-refractivity contribution in [3.63, 3.8) is 0 Å². The van der Waals surface area contributed by atoms with E-state index in [0.29, 0.717) is 5.56 Å². The van der Waals surface area contributed by atoms with E-state index in [4.69, 9.17) is 0 Å². The minimum atomic E-state index is -4.57. The molecule has 0 aliphatic heterocycles. The van der Waals surface area contributed by atoms with Crippen molar-refractivity contribution in [2.24, 2.45) is 0 Å². The van der Waals surface area contributed by atoms with E-state index in [1.54, 1.807) is 30.3 Å². The number of amides is 1. The summed E-state index contributed by atoms with van der Waals surface area (Å²) in [6.07, 6.45) is -3.58. The molecule has 0 spiro atoms. The molecule has 0 aliphatic carbocycles. The van der Waals surface area contributed by atoms with Gasteiger partial charge in [0.1, 0.15) is 11.7 Å². The molecule has 1 amide bonds. The van der Waals surface area contributed by atoms with E-state index in [1.165, 1.54) is 7.05 Å². The Labute approximate surface area is 124 Å². The van der Waals surface area contributed by atoms with Gasteiger partial charge >= 0.3 is 6.18 Å². The molecule has 22 heavy (non-hydrogen) atoms. The summed E-state index contributed by atoms with van der Waals surface area (Å²) < 4.78 is 38.0. The van der Waals surface area contributed by atoms with Crippen molar-refractivity contribution < 1.29 is 18.0 Å². The second kappa shape index (κ2) is 6.42. The van der Waals surface area contributed by atoms with Gasteiger partial charge in [-0.1, -0.05) is 30.3 Å². The summed E-state index contributed by atoms with van der Waals surface area (Å²) in [4.78, 5) is 19.1. The van der Waals surface area contributed by atoms with Crippen molar-refractivity contribution in [1.29, 1.82) is 0 Å². The number of benzene rings is 1. The first-order valence-electron chi connectivity index (χ1n) is 6.35. The van der Waals surface area contributed by atoms with Gasteiger partial charge in [-0.3, -0.25) is 4.79 Å². The quantitative estimate of drug-likeness (QED) is 0.910. The molecule has 0 fully saturated rings. The molecule has 0 saturated carbocycles. The molecule has 1 heterocycles. The van der Waals surface area contributed by atoms with Crippen LogP contribution in [0.2, 0.25) is 0 Å². The van der Waals surface area contributed by atoms with Gasteiger partial charge in [0.25, 0.3) is 0 Å². The lowest BCUT2D eigenvalue weighted by molar-refractivity contribution is -0.141. The van der Waals surface area contributed by atoms with Crippen LogP contribution in [0.15, 0.2) is 42.6 Å². The molecule has 8 heteroatoms. The zero-order chi connectivity index (χ0) is 16.2. The number of anilines is 1. The fourth-order valence-electron chi connectivity index (χ4n) is 1.81. The fourth-order valence-corrected chi connectivity index (χ4v) is 1.81. The van der Waals surface area contributed by atoms with Gasteiger partial charge in [-0.15, -0.1) is 0 Å². The molecule has 116 valence electrons. The molecule has 2 N–H and O–H groups in total. The van der Waals surface area contributed by atoms with E-state index in [-0.39, 0.29) is 5.95 Å². The van der Waals surface area contributed by atoms with Crippen LogP contribution in [-0.2, 0) is 11.0 Å². The van der Waals surface area contributed by atoms with E-state index in [1.807, 2.05) is 0 Å². The van der Waals surface area contributed by atoms with Crippen LogP contribution in [0.1, 0.15) is 17.3 Å². The zero-order valence-corrected chi connectivity index (χ0v) is 11.6. The molecule has 2 rings (SSSR count). The van der Waals surface area contributed by atoms with Crippen LogP contribution in [0.4, 0.5) is 19.1 Å². The largest absolute Gasteiger partial charge is 0.433 e. The molecule has 0 saturated heterocycles. The average Bonchev–Trinajstić information content (AvgIpc) is 2.52. The van der Waals surface area contributed by atoms with Gasteiger partial charge in [-0.2, -0.15) is 13.2 Å². The molecule has 1 aromatic carbocycles. The lowest BCUT2D eigenvalue weighted by Crippen LogP contribution is -2.31. The number of halogens is 3. The van der Waals surface area contributed by atoms with Crippen LogP contribution >= 0.6 is 0 Å². The number of rotatable bonds is 4. The maximum absolute atomic E-state index is 12.7. The number of hydrogen-bond acceptors (Lipinski definition) is 4. The highest BCUT2D eigenvalue weighted by molar-refractivity contribution is 5.85. The minimum Gasteiger partial charge on any atom is -0.357 e. The van der Waals surface area contributed by atoms with Crippen molar-refractivity contribution >= 4 is 11.9 Å². The smallest absolute Gasteiger partial charge is 0.357 e. The Balaban J connectivity index is 2.30. The predicted molar refractivity (Wildman–Crippen MR) is 73.9 cm³/mol. The SMILES string of the molecule is CNC(=O)C(Nc1nccc(C(F)(F)F)n1)c1ccccc1. The Hall–Kier alpha value is -2.64. The van der Waals surface area contributed by atoms with Gasteiger partial charge in [0.15, 0.2) is 0 Å². The summed E-state index contributed by atoms with van der Waals surface area (Å²) >= 11 is 0. The van der Waals surface area contributed by atoms with E-state index in [2.05, 4.69) is 20.6 Å². The van der Waals surface area contributed by atoms with E-state index < -0.39 is 23.8 Å². The van der Waals surface area contributed by atoms with Crippen LogP contribution in [-0.4, -0.2) is 22.9 Å². The van der Waals surface area contributed by atoms with Crippen LogP contribution in [0.25, 0.3) is 0 Å². The lowest BCUT2D eigenvalue weighted by Gasteiger charge is -2.18. The van der Waals surface area contributed by atoms with Gasteiger partial charge in [0.2, 0.25) is 11.9 Å². The Morgan fingerprint density at radius 2 is 1.86 bits per heavy atom. The maximum atomic E-state index is 12.7. The second-order valence-electron chi connectivity index (χ2n) is 4.37. The molecule has 5 nitrogen and oxygen atoms in total. The Morgan fingerprint density at radius 1 is 1.18 bits per heavy atom. The average molecular weight is 310 g/mol. The van der Waals surface area contributed by atoms with E-state index in [0.717, 1.165) is 12.3 Å². The number of carbonyl (C=O) groups excluding carboxylic acids is 1. The van der Waals surface area contributed by atoms with Gasteiger partial charge < -0.3 is 10.6 Å². The summed E-state index contributed by atoms with van der Waals surface area (Å²) in [6, 6.07) is 8.45. The number of hydrogen-bond donors (Lipinski definition) is 2. The monoisotopic (exact) mass is 310 g/mol. The molecule has 1 aromatic heterocycles. The van der Waals surface area contributed by atoms with Crippen molar-refractivity contribution in [3.8, 4) is 0 Å². The van der Waals surface area contributed by atoms with Crippen LogP contribution in [0.5, 0.6) is 0 Å². The van der Waals surface area contributed by atoms with Gasteiger partial charge in [-0.05, 0) is 11.6 Å². The summed E-state index contributed by atoms with van der Waals surface area (Å²) in [5.41, 5.74) is -0.489. The lowest BCUT2D eigenvalue weighted by atomic mass is 10.1. The Bertz CT molecular complexity index is 646. The summed E-state index contributed by atoms with van der Waals surface area (Å²) in [6.45, 7) is 0. The Morgan fingerprint density at radius 3 is 2.45 bits per heavy atom. The number of carbonyl (C=O) groups is 1. The number of likely N-dealkylation sites (N-methyl/N-ethyl adjacent to an activating group) is 1. The summed E-state index contributed by atoms with van der Waals surface area (Å²) in [5, 5.41) is 5.07. The van der Waals surface area contributed by atoms with Crippen LogP contribution in [0.3, 0.4) is 0 Å². The Kier molecular flexibility index (Phi) is 4.59. The van der Waals surface area contributed by atoms with Gasteiger partial charge in [0.05, 0.1) is 0 Å². The molecule has 0 bridgehead atoms. The topological polar surface area (TPSA) is 66.9 Å². The van der Waals surface area contributed by atoms with E-state index >= 15 is 0 Å². The third kappa shape index (κ3) is 3.72. The maximum Gasteiger partial charge on any atom is 0.433 e. The van der Waals surface area contributed by atoms with Crippen LogP contribution < -0.4 is 10.6 Å². The molecule has 0 radical (unpaired) electrons. The van der Waals surface area contributed by atoms with Crippen molar-refractivity contribution in [1.82, 2.24) is 15.3 Å². The van der Waals surface area contributed by atoms with Crippen molar-refractivity contribution in [2.45, 2.75) is 12.2 Å². The van der Waals surface area contributed by atoms with E-state index in [9.17, 15) is 18.0 Å². The predicted octanol–water partition coefficient (Wildman–Crippen LogP) is 2.39. The van der Waals surface area contributed by atoms with Crippen molar-refractivity contribution in [3.05, 3.63) is 53.9 Å².